The number of alkyl halides is 3. The fourth-order valence-electron chi connectivity index (χ4n) is 2.46. The smallest absolute Gasteiger partial charge is 0.349 e. The Hall–Kier alpha value is -2.20. The van der Waals surface area contributed by atoms with Gasteiger partial charge in [0, 0.05) is 12.6 Å². The quantitative estimate of drug-likeness (QED) is 0.763. The van der Waals surface area contributed by atoms with E-state index in [9.17, 15) is 22.4 Å². The molecule has 1 aromatic heterocycles. The number of nitrogens with two attached hydrogens (primary N) is 1. The lowest BCUT2D eigenvalue weighted by Gasteiger charge is -2.13. The summed E-state index contributed by atoms with van der Waals surface area (Å²) in [6, 6.07) is 4.12. The molecule has 3 N–H and O–H groups in total. The van der Waals surface area contributed by atoms with E-state index in [-0.39, 0.29) is 36.6 Å². The van der Waals surface area contributed by atoms with Crippen LogP contribution in [-0.2, 0) is 6.18 Å². The number of aromatic nitrogens is 3. The van der Waals surface area contributed by atoms with Gasteiger partial charge in [0.15, 0.2) is 11.4 Å². The fourth-order valence-corrected chi connectivity index (χ4v) is 2.46. The van der Waals surface area contributed by atoms with Gasteiger partial charge in [-0.15, -0.1) is 17.5 Å². The second-order valence-electron chi connectivity index (χ2n) is 5.89. The maximum absolute atomic E-state index is 13.4. The molecular weight excluding hydrogens is 378 g/mol. The Morgan fingerprint density at radius 1 is 1.38 bits per heavy atom. The van der Waals surface area contributed by atoms with Crippen molar-refractivity contribution in [1.29, 1.82) is 0 Å². The number of nitrogens with zero attached hydrogens (tertiary/aromatic N) is 3. The van der Waals surface area contributed by atoms with Gasteiger partial charge in [0.2, 0.25) is 0 Å². The Bertz CT molecular complexity index is 791. The molecule has 0 bridgehead atoms. The number of hydrogen-bond donors (Lipinski definition) is 2. The maximum atomic E-state index is 13.4. The number of benzene rings is 1. The second-order valence-corrected chi connectivity index (χ2v) is 5.89. The van der Waals surface area contributed by atoms with Crippen molar-refractivity contribution in [2.24, 2.45) is 11.7 Å². The molecule has 3 rings (SSSR count). The highest BCUT2D eigenvalue weighted by Crippen LogP contribution is 2.33. The summed E-state index contributed by atoms with van der Waals surface area (Å²) < 4.78 is 54.0. The average molecular weight is 394 g/mol. The minimum absolute atomic E-state index is 0. The van der Waals surface area contributed by atoms with Crippen LogP contribution in [0.4, 0.5) is 17.6 Å². The molecule has 1 atom stereocenters. The van der Waals surface area contributed by atoms with Crippen molar-refractivity contribution in [1.82, 2.24) is 20.3 Å². The van der Waals surface area contributed by atoms with Gasteiger partial charge in [0.1, 0.15) is 5.82 Å². The van der Waals surface area contributed by atoms with Gasteiger partial charge in [-0.25, -0.2) is 9.07 Å². The summed E-state index contributed by atoms with van der Waals surface area (Å²) in [6.07, 6.45) is -3.01. The van der Waals surface area contributed by atoms with Gasteiger partial charge in [-0.05, 0) is 37.0 Å². The van der Waals surface area contributed by atoms with Crippen molar-refractivity contribution in [3.05, 3.63) is 41.5 Å². The van der Waals surface area contributed by atoms with Crippen molar-refractivity contribution in [2.75, 3.05) is 6.54 Å². The summed E-state index contributed by atoms with van der Waals surface area (Å²) in [5.41, 5.74) is 3.40. The molecule has 0 saturated heterocycles. The molecule has 1 aromatic carbocycles. The molecule has 0 radical (unpaired) electrons. The van der Waals surface area contributed by atoms with Gasteiger partial charge >= 0.3 is 6.18 Å². The van der Waals surface area contributed by atoms with Gasteiger partial charge < -0.3 is 11.1 Å². The summed E-state index contributed by atoms with van der Waals surface area (Å²) in [5.74, 6) is -1.47. The van der Waals surface area contributed by atoms with Crippen LogP contribution < -0.4 is 11.1 Å². The molecule has 0 aliphatic heterocycles. The van der Waals surface area contributed by atoms with E-state index in [1.54, 1.807) is 0 Å². The molecule has 142 valence electrons. The number of halogens is 5. The van der Waals surface area contributed by atoms with E-state index in [2.05, 4.69) is 15.6 Å². The second kappa shape index (κ2) is 7.58. The monoisotopic (exact) mass is 393 g/mol. The van der Waals surface area contributed by atoms with E-state index in [0.717, 1.165) is 25.0 Å². The van der Waals surface area contributed by atoms with E-state index in [4.69, 9.17) is 5.73 Å². The lowest BCUT2D eigenvalue weighted by atomic mass is 10.2. The van der Waals surface area contributed by atoms with Crippen LogP contribution in [0.3, 0.4) is 0 Å². The molecule has 1 aliphatic carbocycles. The Balaban J connectivity index is 0.00000243. The number of carbonyl (C=O) groups is 1. The lowest BCUT2D eigenvalue weighted by Crippen LogP contribution is -2.39. The highest BCUT2D eigenvalue weighted by atomic mass is 35.5. The van der Waals surface area contributed by atoms with Crippen molar-refractivity contribution >= 4 is 18.3 Å². The van der Waals surface area contributed by atoms with Crippen LogP contribution in [0.1, 0.15) is 29.0 Å². The molecule has 1 heterocycles. The molecule has 11 heteroatoms. The Kier molecular flexibility index (Phi) is 5.87. The predicted octanol–water partition coefficient (Wildman–Crippen LogP) is 2.31. The number of amides is 1. The summed E-state index contributed by atoms with van der Waals surface area (Å²) in [7, 11) is 0. The molecule has 2 aromatic rings. The molecule has 1 saturated carbocycles. The first-order chi connectivity index (χ1) is 11.8. The Labute approximate surface area is 152 Å². The fraction of sp³-hybridized carbons (Fsp3) is 0.400. The summed E-state index contributed by atoms with van der Waals surface area (Å²) in [4.78, 5) is 12.1. The van der Waals surface area contributed by atoms with Crippen LogP contribution in [-0.4, -0.2) is 33.5 Å². The largest absolute Gasteiger partial charge is 0.435 e. The number of hydrogen-bond acceptors (Lipinski definition) is 4. The molecule has 6 nitrogen and oxygen atoms in total. The highest BCUT2D eigenvalue weighted by molar-refractivity contribution is 5.93. The van der Waals surface area contributed by atoms with Crippen LogP contribution in [0.2, 0.25) is 0 Å². The standard InChI is InChI=1S/C15H15F4N5O.ClH/c16-9-2-1-3-10(6-9)24-13(15(17,18)19)12(22-23-24)14(25)21-7-11(20)8-4-5-8;/h1-3,6,8,11H,4-5,7,20H2,(H,21,25);1H. The van der Waals surface area contributed by atoms with Crippen LogP contribution in [0.5, 0.6) is 0 Å². The van der Waals surface area contributed by atoms with Gasteiger partial charge in [-0.1, -0.05) is 11.3 Å². The number of nitrogens with one attached hydrogen (secondary N) is 1. The third-order valence-electron chi connectivity index (χ3n) is 3.93. The van der Waals surface area contributed by atoms with E-state index in [1.807, 2.05) is 0 Å². The first-order valence-corrected chi connectivity index (χ1v) is 7.60. The SMILES string of the molecule is Cl.NC(CNC(=O)c1nnn(-c2cccc(F)c2)c1C(F)(F)F)C1CC1. The molecule has 1 unspecified atom stereocenters. The Morgan fingerprint density at radius 3 is 2.65 bits per heavy atom. The minimum atomic E-state index is -4.90. The van der Waals surface area contributed by atoms with Crippen LogP contribution in [0.25, 0.3) is 5.69 Å². The zero-order chi connectivity index (χ0) is 18.2. The summed E-state index contributed by atoms with van der Waals surface area (Å²) in [6.45, 7) is 0.0492. The van der Waals surface area contributed by atoms with E-state index in [1.165, 1.54) is 12.1 Å². The van der Waals surface area contributed by atoms with Crippen LogP contribution >= 0.6 is 12.4 Å². The summed E-state index contributed by atoms with van der Waals surface area (Å²) in [5, 5.41) is 9.08. The van der Waals surface area contributed by atoms with Crippen molar-refractivity contribution < 1.29 is 22.4 Å². The highest BCUT2D eigenvalue weighted by Gasteiger charge is 2.42. The van der Waals surface area contributed by atoms with E-state index < -0.39 is 29.3 Å². The first-order valence-electron chi connectivity index (χ1n) is 7.60. The van der Waals surface area contributed by atoms with Gasteiger partial charge in [-0.2, -0.15) is 13.2 Å². The minimum Gasteiger partial charge on any atom is -0.349 e. The number of rotatable bonds is 5. The average Bonchev–Trinajstić information content (AvgIpc) is 3.29. The third-order valence-corrected chi connectivity index (χ3v) is 3.93. The van der Waals surface area contributed by atoms with E-state index in [0.29, 0.717) is 4.68 Å². The van der Waals surface area contributed by atoms with E-state index >= 15 is 0 Å². The lowest BCUT2D eigenvalue weighted by molar-refractivity contribution is -0.143. The molecule has 1 aliphatic rings. The molecule has 0 spiro atoms. The van der Waals surface area contributed by atoms with Crippen LogP contribution in [0.15, 0.2) is 24.3 Å². The molecular formula is C15H16ClF4N5O. The topological polar surface area (TPSA) is 85.8 Å². The first kappa shape index (κ1) is 20.1. The molecule has 1 fully saturated rings. The normalized spacial score (nSPS) is 15.3. The van der Waals surface area contributed by atoms with Crippen molar-refractivity contribution in [3.63, 3.8) is 0 Å². The van der Waals surface area contributed by atoms with Gasteiger partial charge in [0.05, 0.1) is 5.69 Å². The van der Waals surface area contributed by atoms with Gasteiger partial charge in [-0.3, -0.25) is 4.79 Å². The van der Waals surface area contributed by atoms with Gasteiger partial charge in [0.25, 0.3) is 5.91 Å². The summed E-state index contributed by atoms with van der Waals surface area (Å²) >= 11 is 0. The maximum Gasteiger partial charge on any atom is 0.435 e. The van der Waals surface area contributed by atoms with Crippen molar-refractivity contribution in [2.45, 2.75) is 25.1 Å². The predicted molar refractivity (Wildman–Crippen MR) is 86.6 cm³/mol. The third kappa shape index (κ3) is 4.31. The number of carbonyl (C=O) groups excluding carboxylic acids is 1. The zero-order valence-corrected chi connectivity index (χ0v) is 14.1. The zero-order valence-electron chi connectivity index (χ0n) is 13.3. The van der Waals surface area contributed by atoms with Crippen LogP contribution in [0, 0.1) is 11.7 Å². The Morgan fingerprint density at radius 2 is 2.08 bits per heavy atom. The molecule has 26 heavy (non-hydrogen) atoms. The molecule has 1 amide bonds. The van der Waals surface area contributed by atoms with Crippen molar-refractivity contribution in [3.8, 4) is 5.69 Å².